The van der Waals surface area contributed by atoms with Crippen LogP contribution in [0.15, 0.2) is 54.0 Å². The monoisotopic (exact) mass is 470 g/mol. The second-order valence-electron chi connectivity index (χ2n) is 7.76. The Bertz CT molecular complexity index is 1250. The number of rotatable bonds is 4. The quantitative estimate of drug-likeness (QED) is 0.576. The van der Waals surface area contributed by atoms with Crippen LogP contribution in [0.2, 0.25) is 10.0 Å². The molecule has 5 rings (SSSR count). The van der Waals surface area contributed by atoms with Gasteiger partial charge in [-0.15, -0.1) is 0 Å². The van der Waals surface area contributed by atoms with Crippen LogP contribution in [0.1, 0.15) is 35.9 Å². The van der Waals surface area contributed by atoms with Crippen molar-refractivity contribution in [2.45, 2.75) is 24.8 Å². The normalized spacial score (nSPS) is 19.8. The highest BCUT2D eigenvalue weighted by atomic mass is 35.5. The van der Waals surface area contributed by atoms with Gasteiger partial charge < -0.3 is 14.8 Å². The van der Waals surface area contributed by atoms with E-state index in [9.17, 15) is 4.79 Å². The van der Waals surface area contributed by atoms with Crippen LogP contribution in [0.3, 0.4) is 0 Å². The molecule has 2 atom stereocenters. The van der Waals surface area contributed by atoms with E-state index in [0.29, 0.717) is 45.9 Å². The van der Waals surface area contributed by atoms with Gasteiger partial charge in [0.15, 0.2) is 17.3 Å². The molecule has 0 bridgehead atoms. The van der Waals surface area contributed by atoms with Crippen molar-refractivity contribution in [1.29, 1.82) is 0 Å². The lowest BCUT2D eigenvalue weighted by Crippen LogP contribution is -2.33. The number of fused-ring (bicyclic) bond motifs is 1. The molecule has 1 aliphatic carbocycles. The first-order chi connectivity index (χ1) is 15.5. The fourth-order valence-electron chi connectivity index (χ4n) is 4.48. The van der Waals surface area contributed by atoms with Crippen molar-refractivity contribution in [3.63, 3.8) is 0 Å². The Morgan fingerprint density at radius 3 is 2.53 bits per heavy atom. The van der Waals surface area contributed by atoms with E-state index in [1.54, 1.807) is 31.0 Å². The summed E-state index contributed by atoms with van der Waals surface area (Å²) in [6.07, 6.45) is 2.50. The smallest absolute Gasteiger partial charge is 0.226 e. The molecule has 164 valence electrons. The predicted molar refractivity (Wildman–Crippen MR) is 122 cm³/mol. The summed E-state index contributed by atoms with van der Waals surface area (Å²) in [5, 5.41) is 8.57. The van der Waals surface area contributed by atoms with Crippen LogP contribution in [0.5, 0.6) is 11.5 Å². The minimum atomic E-state index is -0.419. The predicted octanol–water partition coefficient (Wildman–Crippen LogP) is 5.02. The van der Waals surface area contributed by atoms with E-state index in [2.05, 4.69) is 15.4 Å². The first-order valence-corrected chi connectivity index (χ1v) is 10.9. The lowest BCUT2D eigenvalue weighted by molar-refractivity contribution is -0.116. The zero-order valence-electron chi connectivity index (χ0n) is 17.4. The zero-order chi connectivity index (χ0) is 22.4. The van der Waals surface area contributed by atoms with Crippen molar-refractivity contribution < 1.29 is 14.3 Å². The molecule has 3 aromatic rings. The third kappa shape index (κ3) is 3.42. The molecule has 0 fully saturated rings. The number of methoxy groups -OCH3 is 2. The van der Waals surface area contributed by atoms with E-state index in [1.807, 2.05) is 24.3 Å². The minimum absolute atomic E-state index is 0.00233. The number of nitrogens with zero attached hydrogens (tertiary/aromatic N) is 3. The summed E-state index contributed by atoms with van der Waals surface area (Å²) >= 11 is 12.4. The number of aromatic nitrogens is 3. The standard InChI is InChI=1S/C23H20Cl2N4O3/c1-31-19-6-4-12(10-20(19)32-2)14-8-17-21(18(30)9-14)22(29-23(28-17)26-11-27-29)13-3-5-15(24)16(25)7-13/h3-7,10-11,14,22H,8-9H2,1-2H3,(H,26,27,28)/t14-,22+/m1/s1. The van der Waals surface area contributed by atoms with Crippen molar-refractivity contribution in [1.82, 2.24) is 14.8 Å². The van der Waals surface area contributed by atoms with Crippen LogP contribution in [0, 0.1) is 0 Å². The van der Waals surface area contributed by atoms with Crippen LogP contribution in [-0.2, 0) is 4.79 Å². The number of anilines is 1. The molecule has 0 saturated carbocycles. The summed E-state index contributed by atoms with van der Waals surface area (Å²) in [6.45, 7) is 0. The molecule has 2 heterocycles. The molecule has 0 unspecified atom stereocenters. The highest BCUT2D eigenvalue weighted by molar-refractivity contribution is 6.42. The van der Waals surface area contributed by atoms with E-state index >= 15 is 0 Å². The van der Waals surface area contributed by atoms with Crippen LogP contribution < -0.4 is 14.8 Å². The van der Waals surface area contributed by atoms with Gasteiger partial charge in [-0.1, -0.05) is 35.3 Å². The zero-order valence-corrected chi connectivity index (χ0v) is 18.9. The van der Waals surface area contributed by atoms with Gasteiger partial charge in [0, 0.05) is 17.7 Å². The second-order valence-corrected chi connectivity index (χ2v) is 8.58. The van der Waals surface area contributed by atoms with Gasteiger partial charge in [-0.25, -0.2) is 4.68 Å². The summed E-state index contributed by atoms with van der Waals surface area (Å²) < 4.78 is 12.5. The van der Waals surface area contributed by atoms with Crippen molar-refractivity contribution >= 4 is 34.9 Å². The number of ketones is 1. The molecule has 0 spiro atoms. The highest BCUT2D eigenvalue weighted by Crippen LogP contribution is 2.45. The fraction of sp³-hybridized carbons (Fsp3) is 0.261. The number of allylic oxidation sites excluding steroid dienone is 2. The number of hydrogen-bond acceptors (Lipinski definition) is 6. The van der Waals surface area contributed by atoms with Crippen LogP contribution in [0.4, 0.5) is 5.95 Å². The maximum atomic E-state index is 13.5. The molecule has 2 aromatic carbocycles. The lowest BCUT2D eigenvalue weighted by atomic mass is 9.78. The van der Waals surface area contributed by atoms with Crippen molar-refractivity contribution in [3.8, 4) is 11.5 Å². The Balaban J connectivity index is 1.56. The van der Waals surface area contributed by atoms with Gasteiger partial charge >= 0.3 is 0 Å². The Hall–Kier alpha value is -3.03. The first-order valence-electron chi connectivity index (χ1n) is 10.1. The second kappa shape index (κ2) is 8.15. The summed E-state index contributed by atoms with van der Waals surface area (Å²) in [4.78, 5) is 17.8. The maximum absolute atomic E-state index is 13.5. The Morgan fingerprint density at radius 1 is 1.00 bits per heavy atom. The SMILES string of the molecule is COc1ccc([C@H]2CC(=O)C3=C(C2)Nc2ncnn2[C@H]3c2ccc(Cl)c(Cl)c2)cc1OC. The van der Waals surface area contributed by atoms with Gasteiger partial charge in [0.25, 0.3) is 0 Å². The molecule has 32 heavy (non-hydrogen) atoms. The van der Waals surface area contributed by atoms with Crippen LogP contribution in [0.25, 0.3) is 0 Å². The highest BCUT2D eigenvalue weighted by Gasteiger charge is 2.39. The molecule has 1 aromatic heterocycles. The number of Topliss-reactive ketones (excluding diaryl/α,β-unsaturated/α-hetero) is 1. The Labute approximate surface area is 195 Å². The molecule has 2 aliphatic rings. The Kier molecular flexibility index (Phi) is 5.31. The summed E-state index contributed by atoms with van der Waals surface area (Å²) in [5.41, 5.74) is 3.37. The molecular formula is C23H20Cl2N4O3. The van der Waals surface area contributed by atoms with Crippen molar-refractivity contribution in [2.75, 3.05) is 19.5 Å². The molecule has 0 saturated heterocycles. The number of carbonyl (C=O) groups excluding carboxylic acids is 1. The number of halogens is 2. The average Bonchev–Trinajstić information content (AvgIpc) is 3.27. The van der Waals surface area contributed by atoms with E-state index in [1.165, 1.54) is 6.33 Å². The van der Waals surface area contributed by atoms with Gasteiger partial charge in [0.2, 0.25) is 5.95 Å². The minimum Gasteiger partial charge on any atom is -0.493 e. The number of benzene rings is 2. The third-order valence-corrected chi connectivity index (χ3v) is 6.74. The average molecular weight is 471 g/mol. The van der Waals surface area contributed by atoms with E-state index < -0.39 is 6.04 Å². The van der Waals surface area contributed by atoms with Crippen LogP contribution in [-0.4, -0.2) is 34.8 Å². The van der Waals surface area contributed by atoms with E-state index in [-0.39, 0.29) is 11.7 Å². The summed E-state index contributed by atoms with van der Waals surface area (Å²) in [6, 6.07) is 10.7. The molecule has 0 radical (unpaired) electrons. The van der Waals surface area contributed by atoms with Crippen LogP contribution >= 0.6 is 23.2 Å². The first kappa shape index (κ1) is 20.8. The van der Waals surface area contributed by atoms with Crippen molar-refractivity contribution in [2.24, 2.45) is 0 Å². The summed E-state index contributed by atoms with van der Waals surface area (Å²) in [7, 11) is 3.20. The van der Waals surface area contributed by atoms with Gasteiger partial charge in [0.05, 0.1) is 24.3 Å². The number of ether oxygens (including phenoxy) is 2. The molecule has 0 amide bonds. The molecule has 1 aliphatic heterocycles. The molecular weight excluding hydrogens is 451 g/mol. The van der Waals surface area contributed by atoms with Gasteiger partial charge in [0.1, 0.15) is 12.4 Å². The molecule has 9 heteroatoms. The number of carbonyl (C=O) groups is 1. The van der Waals surface area contributed by atoms with Gasteiger partial charge in [-0.3, -0.25) is 4.79 Å². The van der Waals surface area contributed by atoms with Gasteiger partial charge in [-0.2, -0.15) is 10.1 Å². The topological polar surface area (TPSA) is 78.3 Å². The fourth-order valence-corrected chi connectivity index (χ4v) is 4.79. The largest absolute Gasteiger partial charge is 0.493 e. The van der Waals surface area contributed by atoms with Gasteiger partial charge in [-0.05, 0) is 47.7 Å². The van der Waals surface area contributed by atoms with E-state index in [0.717, 1.165) is 16.8 Å². The third-order valence-electron chi connectivity index (χ3n) is 6.00. The summed E-state index contributed by atoms with van der Waals surface area (Å²) in [5.74, 6) is 1.93. The maximum Gasteiger partial charge on any atom is 0.226 e. The lowest BCUT2D eigenvalue weighted by Gasteiger charge is -2.35. The van der Waals surface area contributed by atoms with Crippen molar-refractivity contribution in [3.05, 3.63) is 75.2 Å². The molecule has 1 N–H and O–H groups in total. The van der Waals surface area contributed by atoms with E-state index in [4.69, 9.17) is 32.7 Å². The Morgan fingerprint density at radius 2 is 1.78 bits per heavy atom. The number of nitrogens with one attached hydrogen (secondary N) is 1. The molecule has 7 nitrogen and oxygen atoms in total. The number of hydrogen-bond donors (Lipinski definition) is 1.